The van der Waals surface area contributed by atoms with Crippen LogP contribution < -0.4 is 10.4 Å². The van der Waals surface area contributed by atoms with Gasteiger partial charge in [-0.2, -0.15) is 33.6 Å². The lowest BCUT2D eigenvalue weighted by Crippen LogP contribution is -2.61. The molecule has 0 nitrogen and oxygen atoms in total. The molecule has 0 amide bonds. The van der Waals surface area contributed by atoms with Gasteiger partial charge in [0, 0.05) is 58.2 Å². The third-order valence-electron chi connectivity index (χ3n) is 11.1. The van der Waals surface area contributed by atoms with Crippen LogP contribution in [0.1, 0.15) is 48.9 Å². The molecule has 52 heavy (non-hydrogen) atoms. The van der Waals surface area contributed by atoms with Crippen LogP contribution in [0.5, 0.6) is 0 Å². The molecule has 0 aromatic heterocycles. The molecular formula is C42H74BS2Si7-. The zero-order valence-electron chi connectivity index (χ0n) is 37.2. The Balaban J connectivity index is 2.38. The summed E-state index contributed by atoms with van der Waals surface area (Å²) in [5, 5.41) is 5.73. The average Bonchev–Trinajstić information content (AvgIpc) is 3.30. The van der Waals surface area contributed by atoms with Crippen molar-refractivity contribution in [2.24, 2.45) is 0 Å². The molecule has 1 heterocycles. The molecule has 0 radical (unpaired) electrons. The van der Waals surface area contributed by atoms with Crippen molar-refractivity contribution in [3.05, 3.63) is 81.9 Å². The third kappa shape index (κ3) is 9.72. The molecule has 0 unspecified atom stereocenters. The SMILES string of the molecule is Cc1cc(C)c([Si-](B2Sc3ccccc3S2)c2c(C([Si](C)(C)C)[Si](C)(C)C)cc(C([Si](C)(C)C)[Si](C)(C)C)cc2C([Si](C)(C)C)[Si](C)(C)C)c(C)c1. The molecule has 0 saturated heterocycles. The van der Waals surface area contributed by atoms with Gasteiger partial charge < -0.3 is 0 Å². The normalized spacial score (nSPS) is 15.0. The van der Waals surface area contributed by atoms with Crippen LogP contribution in [0.25, 0.3) is 0 Å². The number of fused-ring (bicyclic) bond motifs is 1. The van der Waals surface area contributed by atoms with Crippen LogP contribution in [-0.2, 0) is 0 Å². The number of hydrogen-bond acceptors (Lipinski definition) is 2. The highest BCUT2D eigenvalue weighted by molar-refractivity contribution is 8.61. The molecule has 0 bridgehead atoms. The Bertz CT molecular complexity index is 1620. The summed E-state index contributed by atoms with van der Waals surface area (Å²) >= 11 is 4.43. The standard InChI is InChI=1S/C42H74BS2Si7/c1-30-26-31(2)38(32(3)27-30)46(43-44-36-24-22-23-25-37(36)45-43)39-34(41(49(10,11)12)50(13,14)15)28-33(40(47(4,5)6)48(7,8)9)29-35(39)42(51(16,17)18)52(19,20)21/h22-29,40-42H,1-21H3/q-1. The summed E-state index contributed by atoms with van der Waals surface area (Å²) in [6.45, 7) is 56.0. The highest BCUT2D eigenvalue weighted by Gasteiger charge is 2.46. The van der Waals surface area contributed by atoms with Crippen molar-refractivity contribution in [2.75, 3.05) is 0 Å². The minimum absolute atomic E-state index is 0.503. The number of benzene rings is 3. The van der Waals surface area contributed by atoms with Crippen molar-refractivity contribution in [3.63, 3.8) is 0 Å². The molecule has 0 aliphatic carbocycles. The second-order valence-corrected chi connectivity index (χ2v) is 62.2. The Morgan fingerprint density at radius 2 is 0.788 bits per heavy atom. The molecule has 0 fully saturated rings. The molecule has 1 aliphatic rings. The van der Waals surface area contributed by atoms with E-state index in [0.29, 0.717) is 15.2 Å². The van der Waals surface area contributed by atoms with E-state index in [2.05, 4.69) is 210 Å². The van der Waals surface area contributed by atoms with E-state index in [-0.39, 0.29) is 0 Å². The van der Waals surface area contributed by atoms with E-state index in [1.807, 2.05) is 16.3 Å². The fraction of sp³-hybridized carbons (Fsp3) is 0.571. The van der Waals surface area contributed by atoms with Crippen LogP contribution >= 0.6 is 23.2 Å². The van der Waals surface area contributed by atoms with Gasteiger partial charge in [-0.05, 0) is 54.0 Å². The van der Waals surface area contributed by atoms with E-state index in [1.54, 1.807) is 10.8 Å². The molecule has 3 aromatic carbocycles. The van der Waals surface area contributed by atoms with Gasteiger partial charge in [0.1, 0.15) is 4.86 Å². The smallest absolute Gasteiger partial charge is 0.142 e. The van der Waals surface area contributed by atoms with Gasteiger partial charge in [0.2, 0.25) is 0 Å². The molecular weight excluding hydrogens is 776 g/mol. The van der Waals surface area contributed by atoms with Crippen molar-refractivity contribution in [3.8, 4) is 0 Å². The molecule has 4 rings (SSSR count). The first-order chi connectivity index (χ1) is 23.3. The summed E-state index contributed by atoms with van der Waals surface area (Å²) in [5.41, 5.74) is 9.91. The van der Waals surface area contributed by atoms with Crippen LogP contribution in [0.4, 0.5) is 0 Å². The van der Waals surface area contributed by atoms with Gasteiger partial charge in [0.25, 0.3) is 0 Å². The Hall–Kier alpha value is -0.0569. The zero-order valence-corrected chi connectivity index (χ0v) is 45.9. The van der Waals surface area contributed by atoms with Gasteiger partial charge in [-0.3, -0.25) is 0 Å². The molecule has 0 spiro atoms. The van der Waals surface area contributed by atoms with Crippen LogP contribution in [0.15, 0.2) is 58.3 Å². The molecule has 0 saturated carbocycles. The second kappa shape index (κ2) is 15.4. The number of hydrogen-bond donors (Lipinski definition) is 0. The Kier molecular flexibility index (Phi) is 13.2. The summed E-state index contributed by atoms with van der Waals surface area (Å²) in [6, 6.07) is 20.3. The predicted octanol–water partition coefficient (Wildman–Crippen LogP) is 13.2. The van der Waals surface area contributed by atoms with Crippen LogP contribution in [0, 0.1) is 20.8 Å². The Labute approximate surface area is 338 Å². The number of rotatable bonds is 12. The fourth-order valence-electron chi connectivity index (χ4n) is 11.4. The molecule has 3 aromatic rings. The highest BCUT2D eigenvalue weighted by Crippen LogP contribution is 2.49. The lowest BCUT2D eigenvalue weighted by Gasteiger charge is -2.51. The topological polar surface area (TPSA) is 0 Å². The first-order valence-electron chi connectivity index (χ1n) is 19.9. The van der Waals surface area contributed by atoms with E-state index in [1.165, 1.54) is 26.5 Å². The van der Waals surface area contributed by atoms with Crippen molar-refractivity contribution in [1.29, 1.82) is 0 Å². The van der Waals surface area contributed by atoms with Gasteiger partial charge >= 0.3 is 0 Å². The predicted molar refractivity (Wildman–Crippen MR) is 264 cm³/mol. The largest absolute Gasteiger partial charge is 0.248 e. The first-order valence-corrected chi connectivity index (χ1v) is 44.7. The summed E-state index contributed by atoms with van der Waals surface area (Å²) in [5.74, 6) is 0. The van der Waals surface area contributed by atoms with E-state index >= 15 is 0 Å². The zero-order chi connectivity index (χ0) is 39.7. The molecule has 0 N–H and O–H groups in total. The van der Waals surface area contributed by atoms with Gasteiger partial charge in [0.15, 0.2) is 0 Å². The summed E-state index contributed by atoms with van der Waals surface area (Å²) in [4.78, 5) is 3.50. The van der Waals surface area contributed by atoms with E-state index in [0.717, 1.165) is 5.16 Å². The van der Waals surface area contributed by atoms with E-state index in [9.17, 15) is 0 Å². The van der Waals surface area contributed by atoms with Gasteiger partial charge in [0.05, 0.1) is 0 Å². The maximum atomic E-state index is 2.95. The quantitative estimate of drug-likeness (QED) is 0.167. The van der Waals surface area contributed by atoms with Gasteiger partial charge in [-0.25, -0.2) is 8.67 Å². The highest BCUT2D eigenvalue weighted by atomic mass is 32.2. The minimum atomic E-state index is -1.67. The van der Waals surface area contributed by atoms with E-state index in [4.69, 9.17) is 0 Å². The second-order valence-electron chi connectivity index (χ2n) is 22.8. The van der Waals surface area contributed by atoms with Crippen molar-refractivity contribution >= 4 is 95.6 Å². The van der Waals surface area contributed by atoms with Crippen LogP contribution in [0.2, 0.25) is 118 Å². The monoisotopic (exact) mass is 849 g/mol. The van der Waals surface area contributed by atoms with Crippen LogP contribution in [0.3, 0.4) is 0 Å². The van der Waals surface area contributed by atoms with Crippen LogP contribution in [-0.4, -0.2) is 62.0 Å². The molecule has 1 aliphatic heterocycles. The molecule has 0 atom stereocenters. The summed E-state index contributed by atoms with van der Waals surface area (Å²) in [7, 11) is -11.1. The Morgan fingerprint density at radius 1 is 0.462 bits per heavy atom. The van der Waals surface area contributed by atoms with Gasteiger partial charge in [-0.1, -0.05) is 182 Å². The maximum absolute atomic E-state index is 2.95. The Morgan fingerprint density at radius 3 is 1.10 bits per heavy atom. The maximum Gasteiger partial charge on any atom is 0.142 e. The third-order valence-corrected chi connectivity index (χ3v) is 46.4. The lowest BCUT2D eigenvalue weighted by atomic mass is 10.1. The van der Waals surface area contributed by atoms with E-state index < -0.39 is 57.1 Å². The fourth-order valence-corrected chi connectivity index (χ4v) is 58.3. The minimum Gasteiger partial charge on any atom is -0.248 e. The molecule has 10 heteroatoms. The number of aryl methyl sites for hydroxylation is 3. The summed E-state index contributed by atoms with van der Waals surface area (Å²) < 4.78 is 0. The summed E-state index contributed by atoms with van der Waals surface area (Å²) in [6.07, 6.45) is 0. The van der Waals surface area contributed by atoms with Crippen molar-refractivity contribution < 1.29 is 0 Å². The lowest BCUT2D eigenvalue weighted by molar-refractivity contribution is 1.10. The molecule has 286 valence electrons. The van der Waals surface area contributed by atoms with Crippen molar-refractivity contribution in [2.45, 2.75) is 164 Å². The van der Waals surface area contributed by atoms with Crippen molar-refractivity contribution in [1.82, 2.24) is 0 Å². The van der Waals surface area contributed by atoms with Gasteiger partial charge in [-0.15, -0.1) is 0 Å². The first kappa shape index (κ1) is 44.7. The average molecular weight is 851 g/mol.